The summed E-state index contributed by atoms with van der Waals surface area (Å²) in [6, 6.07) is 11.0. The fourth-order valence-corrected chi connectivity index (χ4v) is 1.52. The maximum absolute atomic E-state index is 11.9. The summed E-state index contributed by atoms with van der Waals surface area (Å²) in [5, 5.41) is 0. The molecule has 0 aliphatic heterocycles. The number of aromatic nitrogens is 1. The molecule has 1 aromatic carbocycles. The van der Waals surface area contributed by atoms with E-state index in [-0.39, 0.29) is 5.97 Å². The molecular formula is C14H13NO2. The Morgan fingerprint density at radius 2 is 1.76 bits per heavy atom. The highest BCUT2D eigenvalue weighted by atomic mass is 16.5. The lowest BCUT2D eigenvalue weighted by Gasteiger charge is -2.07. The van der Waals surface area contributed by atoms with Gasteiger partial charge in [-0.1, -0.05) is 24.3 Å². The SMILES string of the molecule is Cc1ccccc1C(=O)Oc1ncccc1C. The number of hydrogen-bond donors (Lipinski definition) is 0. The van der Waals surface area contributed by atoms with Crippen LogP contribution in [0.25, 0.3) is 0 Å². The molecule has 2 aromatic rings. The lowest BCUT2D eigenvalue weighted by molar-refractivity contribution is 0.0725. The minimum atomic E-state index is -0.370. The van der Waals surface area contributed by atoms with Gasteiger partial charge in [-0.3, -0.25) is 0 Å². The van der Waals surface area contributed by atoms with Crippen LogP contribution >= 0.6 is 0 Å². The average Bonchev–Trinajstić information content (AvgIpc) is 2.32. The van der Waals surface area contributed by atoms with Gasteiger partial charge in [0.05, 0.1) is 5.56 Å². The topological polar surface area (TPSA) is 39.2 Å². The standard InChI is InChI=1S/C14H13NO2/c1-10-6-3-4-8-12(10)14(16)17-13-11(2)7-5-9-15-13/h3-9H,1-2H3. The number of hydrogen-bond acceptors (Lipinski definition) is 3. The summed E-state index contributed by atoms with van der Waals surface area (Å²) in [6.45, 7) is 3.73. The molecule has 0 aliphatic rings. The molecule has 0 unspecified atom stereocenters. The Hall–Kier alpha value is -2.16. The molecule has 0 amide bonds. The number of carbonyl (C=O) groups excluding carboxylic acids is 1. The van der Waals surface area contributed by atoms with Crippen LogP contribution in [0.4, 0.5) is 0 Å². The van der Waals surface area contributed by atoms with Gasteiger partial charge in [-0.2, -0.15) is 0 Å². The highest BCUT2D eigenvalue weighted by Gasteiger charge is 2.12. The molecule has 0 N–H and O–H groups in total. The molecule has 0 bridgehead atoms. The molecule has 0 saturated heterocycles. The van der Waals surface area contributed by atoms with Gasteiger partial charge in [0.25, 0.3) is 0 Å². The molecule has 3 heteroatoms. The van der Waals surface area contributed by atoms with E-state index in [1.54, 1.807) is 18.3 Å². The zero-order valence-corrected chi connectivity index (χ0v) is 9.81. The highest BCUT2D eigenvalue weighted by molar-refractivity contribution is 5.92. The van der Waals surface area contributed by atoms with Crippen molar-refractivity contribution in [1.29, 1.82) is 0 Å². The van der Waals surface area contributed by atoms with Crippen LogP contribution < -0.4 is 4.74 Å². The molecule has 2 rings (SSSR count). The van der Waals surface area contributed by atoms with E-state index < -0.39 is 0 Å². The lowest BCUT2D eigenvalue weighted by Crippen LogP contribution is -2.11. The van der Waals surface area contributed by atoms with E-state index in [4.69, 9.17) is 4.74 Å². The van der Waals surface area contributed by atoms with Crippen molar-refractivity contribution < 1.29 is 9.53 Å². The van der Waals surface area contributed by atoms with E-state index in [0.717, 1.165) is 11.1 Å². The fraction of sp³-hybridized carbons (Fsp3) is 0.143. The molecule has 1 aromatic heterocycles. The van der Waals surface area contributed by atoms with Crippen molar-refractivity contribution in [2.45, 2.75) is 13.8 Å². The zero-order chi connectivity index (χ0) is 12.3. The molecule has 86 valence electrons. The number of aryl methyl sites for hydroxylation is 2. The fourth-order valence-electron chi connectivity index (χ4n) is 1.52. The lowest BCUT2D eigenvalue weighted by atomic mass is 10.1. The van der Waals surface area contributed by atoms with E-state index in [0.29, 0.717) is 11.4 Å². The van der Waals surface area contributed by atoms with Crippen LogP contribution in [0.15, 0.2) is 42.6 Å². The summed E-state index contributed by atoms with van der Waals surface area (Å²) in [4.78, 5) is 16.0. The van der Waals surface area contributed by atoms with Crippen molar-refractivity contribution in [3.8, 4) is 5.88 Å². The minimum absolute atomic E-state index is 0.362. The first kappa shape index (κ1) is 11.3. The molecule has 1 heterocycles. The summed E-state index contributed by atoms with van der Waals surface area (Å²) in [6.07, 6.45) is 1.60. The number of rotatable bonds is 2. The quantitative estimate of drug-likeness (QED) is 0.740. The third kappa shape index (κ3) is 2.50. The van der Waals surface area contributed by atoms with Crippen molar-refractivity contribution in [3.05, 3.63) is 59.3 Å². The van der Waals surface area contributed by atoms with E-state index in [9.17, 15) is 4.79 Å². The van der Waals surface area contributed by atoms with Crippen LogP contribution in [-0.4, -0.2) is 11.0 Å². The smallest absolute Gasteiger partial charge is 0.345 e. The second-order valence-electron chi connectivity index (χ2n) is 3.83. The third-order valence-electron chi connectivity index (χ3n) is 2.52. The van der Waals surface area contributed by atoms with E-state index in [1.807, 2.05) is 38.1 Å². The van der Waals surface area contributed by atoms with Gasteiger partial charge in [0.2, 0.25) is 5.88 Å². The number of esters is 1. The number of benzene rings is 1. The van der Waals surface area contributed by atoms with Gasteiger partial charge in [0, 0.05) is 11.8 Å². The van der Waals surface area contributed by atoms with Crippen molar-refractivity contribution in [1.82, 2.24) is 4.98 Å². The predicted octanol–water partition coefficient (Wildman–Crippen LogP) is 2.92. The molecule has 0 saturated carbocycles. The van der Waals surface area contributed by atoms with Gasteiger partial charge in [-0.05, 0) is 31.5 Å². The summed E-state index contributed by atoms with van der Waals surface area (Å²) >= 11 is 0. The monoisotopic (exact) mass is 227 g/mol. The van der Waals surface area contributed by atoms with Crippen molar-refractivity contribution >= 4 is 5.97 Å². The summed E-state index contributed by atoms with van der Waals surface area (Å²) in [7, 11) is 0. The Bertz CT molecular complexity index is 549. The van der Waals surface area contributed by atoms with Gasteiger partial charge in [0.1, 0.15) is 0 Å². The Labute approximate surface area is 100 Å². The largest absolute Gasteiger partial charge is 0.404 e. The molecule has 0 radical (unpaired) electrons. The van der Waals surface area contributed by atoms with Crippen molar-refractivity contribution in [2.75, 3.05) is 0 Å². The third-order valence-corrected chi connectivity index (χ3v) is 2.52. The average molecular weight is 227 g/mol. The maximum atomic E-state index is 11.9. The Morgan fingerprint density at radius 1 is 1.06 bits per heavy atom. The number of ether oxygens (including phenoxy) is 1. The van der Waals surface area contributed by atoms with E-state index in [1.165, 1.54) is 0 Å². The Morgan fingerprint density at radius 3 is 2.47 bits per heavy atom. The Balaban J connectivity index is 2.24. The van der Waals surface area contributed by atoms with Crippen molar-refractivity contribution in [2.24, 2.45) is 0 Å². The summed E-state index contributed by atoms with van der Waals surface area (Å²) in [5.74, 6) is -0.00865. The molecule has 3 nitrogen and oxygen atoms in total. The molecule has 17 heavy (non-hydrogen) atoms. The van der Waals surface area contributed by atoms with E-state index >= 15 is 0 Å². The van der Waals surface area contributed by atoms with Crippen LogP contribution in [0.3, 0.4) is 0 Å². The second-order valence-corrected chi connectivity index (χ2v) is 3.83. The first-order valence-electron chi connectivity index (χ1n) is 5.38. The molecule has 0 atom stereocenters. The van der Waals surface area contributed by atoms with Crippen LogP contribution in [-0.2, 0) is 0 Å². The molecule has 0 spiro atoms. The van der Waals surface area contributed by atoms with Gasteiger partial charge in [0.15, 0.2) is 0 Å². The molecule has 0 fully saturated rings. The normalized spacial score (nSPS) is 10.0. The van der Waals surface area contributed by atoms with E-state index in [2.05, 4.69) is 4.98 Å². The highest BCUT2D eigenvalue weighted by Crippen LogP contribution is 2.15. The van der Waals surface area contributed by atoms with Gasteiger partial charge >= 0.3 is 5.97 Å². The van der Waals surface area contributed by atoms with Crippen LogP contribution in [0.5, 0.6) is 5.88 Å². The van der Waals surface area contributed by atoms with Crippen LogP contribution in [0, 0.1) is 13.8 Å². The number of pyridine rings is 1. The van der Waals surface area contributed by atoms with Crippen LogP contribution in [0.1, 0.15) is 21.5 Å². The number of carbonyl (C=O) groups is 1. The first-order valence-corrected chi connectivity index (χ1v) is 5.38. The predicted molar refractivity (Wildman–Crippen MR) is 65.1 cm³/mol. The van der Waals surface area contributed by atoms with Crippen molar-refractivity contribution in [3.63, 3.8) is 0 Å². The van der Waals surface area contributed by atoms with Gasteiger partial charge in [-0.25, -0.2) is 9.78 Å². The maximum Gasteiger partial charge on any atom is 0.345 e. The minimum Gasteiger partial charge on any atom is -0.404 e. The Kier molecular flexibility index (Phi) is 3.19. The summed E-state index contributed by atoms with van der Waals surface area (Å²) in [5.41, 5.74) is 2.30. The molecular weight excluding hydrogens is 214 g/mol. The van der Waals surface area contributed by atoms with Crippen LogP contribution in [0.2, 0.25) is 0 Å². The number of nitrogens with zero attached hydrogens (tertiary/aromatic N) is 1. The second kappa shape index (κ2) is 4.78. The zero-order valence-electron chi connectivity index (χ0n) is 9.81. The first-order chi connectivity index (χ1) is 8.18. The summed E-state index contributed by atoms with van der Waals surface area (Å²) < 4.78 is 5.26. The molecule has 0 aliphatic carbocycles. The van der Waals surface area contributed by atoms with Gasteiger partial charge < -0.3 is 4.74 Å². The van der Waals surface area contributed by atoms with Gasteiger partial charge in [-0.15, -0.1) is 0 Å².